The number of carbonyl (C=O) groups is 3. The third-order valence-corrected chi connectivity index (χ3v) is 9.29. The summed E-state index contributed by atoms with van der Waals surface area (Å²) >= 11 is 0. The molecule has 3 fully saturated rings. The number of anilines is 2. The first kappa shape index (κ1) is 31.4. The number of hydrogen-bond acceptors (Lipinski definition) is 7. The van der Waals surface area contributed by atoms with Crippen LogP contribution in [0.15, 0.2) is 60.8 Å². The molecule has 46 heavy (non-hydrogen) atoms. The molecular weight excluding hydrogens is 596 g/mol. The molecule has 2 aliphatic heterocycles. The Hall–Kier alpha value is -4.62. The third kappa shape index (κ3) is 6.51. The normalized spacial score (nSPS) is 21.8. The first-order valence-electron chi connectivity index (χ1n) is 15.3. The van der Waals surface area contributed by atoms with Crippen molar-refractivity contribution in [2.75, 3.05) is 50.9 Å². The van der Waals surface area contributed by atoms with Gasteiger partial charge in [-0.15, -0.1) is 0 Å². The van der Waals surface area contributed by atoms with Crippen molar-refractivity contribution in [3.63, 3.8) is 0 Å². The fraction of sp³-hybridized carbons (Fsp3) is 0.394. The molecule has 0 spiro atoms. The maximum Gasteiger partial charge on any atom is 0.323 e. The molecule has 2 aromatic carbocycles. The summed E-state index contributed by atoms with van der Waals surface area (Å²) in [5.41, 5.74) is 4.74. The standard InChI is InChI=1S/C33H37F2N7O4/c1-40(2)25-18-42(19-25)24-8-11-41(12-9-24)32(45)39-29-16-26(7-10-37-29)46-27-14-20(13-22(35)15-27)28-17-33(28,30(36)43)31(44)38-23-5-3-21(34)4-6-23/h3-7,10,13-16,24-25,28H,8-9,11-12,17-19H2,1-2H3,(H2,36,43)(H,38,44)(H,37,39,45). The highest BCUT2D eigenvalue weighted by atomic mass is 19.1. The largest absolute Gasteiger partial charge is 0.457 e. The van der Waals surface area contributed by atoms with E-state index in [1.54, 1.807) is 17.0 Å². The van der Waals surface area contributed by atoms with Gasteiger partial charge in [-0.05, 0) is 81.4 Å². The highest BCUT2D eigenvalue weighted by Gasteiger charge is 2.65. The van der Waals surface area contributed by atoms with Gasteiger partial charge in [-0.1, -0.05) is 0 Å². The highest BCUT2D eigenvalue weighted by molar-refractivity contribution is 6.14. The summed E-state index contributed by atoms with van der Waals surface area (Å²) in [5, 5.41) is 5.43. The molecule has 1 aliphatic carbocycles. The van der Waals surface area contributed by atoms with E-state index in [1.165, 1.54) is 48.7 Å². The van der Waals surface area contributed by atoms with Gasteiger partial charge in [-0.3, -0.25) is 19.8 Å². The topological polar surface area (TPSA) is 133 Å². The molecule has 4 amide bonds. The zero-order valence-corrected chi connectivity index (χ0v) is 25.7. The number of hydrogen-bond donors (Lipinski definition) is 3. The van der Waals surface area contributed by atoms with Crippen LogP contribution in [0.25, 0.3) is 0 Å². The van der Waals surface area contributed by atoms with Crippen LogP contribution >= 0.6 is 0 Å². The molecule has 13 heteroatoms. The number of likely N-dealkylation sites (tertiary alicyclic amines) is 2. The van der Waals surface area contributed by atoms with E-state index in [9.17, 15) is 23.2 Å². The first-order chi connectivity index (χ1) is 22.0. The van der Waals surface area contributed by atoms with Crippen molar-refractivity contribution in [2.24, 2.45) is 11.1 Å². The minimum absolute atomic E-state index is 0.0789. The highest BCUT2D eigenvalue weighted by Crippen LogP contribution is 2.60. The monoisotopic (exact) mass is 633 g/mol. The van der Waals surface area contributed by atoms with Crippen LogP contribution < -0.4 is 21.1 Å². The second-order valence-electron chi connectivity index (χ2n) is 12.5. The number of carbonyl (C=O) groups excluding carboxylic acids is 3. The molecule has 0 radical (unpaired) electrons. The van der Waals surface area contributed by atoms with Crippen LogP contribution in [0.4, 0.5) is 25.1 Å². The van der Waals surface area contributed by atoms with E-state index in [0.717, 1.165) is 25.9 Å². The number of aromatic nitrogens is 1. The van der Waals surface area contributed by atoms with Crippen molar-refractivity contribution < 1.29 is 27.9 Å². The number of urea groups is 1. The average molecular weight is 634 g/mol. The lowest BCUT2D eigenvalue weighted by molar-refractivity contribution is -0.132. The van der Waals surface area contributed by atoms with Crippen molar-refractivity contribution in [1.29, 1.82) is 0 Å². The number of rotatable bonds is 9. The lowest BCUT2D eigenvalue weighted by Gasteiger charge is -2.49. The van der Waals surface area contributed by atoms with Crippen LogP contribution in [0.2, 0.25) is 0 Å². The molecule has 0 bridgehead atoms. The lowest BCUT2D eigenvalue weighted by atomic mass is 9.96. The summed E-state index contributed by atoms with van der Waals surface area (Å²) in [6.07, 6.45) is 3.38. The van der Waals surface area contributed by atoms with Gasteiger partial charge in [0, 0.05) is 68.2 Å². The van der Waals surface area contributed by atoms with Gasteiger partial charge in [0.15, 0.2) is 0 Å². The number of halogens is 2. The number of nitrogens with two attached hydrogens (primary N) is 1. The van der Waals surface area contributed by atoms with E-state index >= 15 is 0 Å². The fourth-order valence-corrected chi connectivity index (χ4v) is 6.34. The maximum absolute atomic E-state index is 14.8. The molecular formula is C33H37F2N7O4. The number of pyridine rings is 1. The van der Waals surface area contributed by atoms with Crippen LogP contribution in [0.3, 0.4) is 0 Å². The van der Waals surface area contributed by atoms with Crippen LogP contribution in [-0.4, -0.2) is 89.9 Å². The van der Waals surface area contributed by atoms with Crippen molar-refractivity contribution in [3.05, 3.63) is 78.0 Å². The molecule has 6 rings (SSSR count). The van der Waals surface area contributed by atoms with E-state index in [-0.39, 0.29) is 24.0 Å². The first-order valence-corrected chi connectivity index (χ1v) is 15.3. The molecule has 3 aliphatic rings. The molecule has 3 heterocycles. The smallest absolute Gasteiger partial charge is 0.323 e. The predicted octanol–water partition coefficient (Wildman–Crippen LogP) is 3.99. The van der Waals surface area contributed by atoms with Crippen LogP contribution in [0, 0.1) is 17.0 Å². The van der Waals surface area contributed by atoms with E-state index in [1.807, 2.05) is 0 Å². The Morgan fingerprint density at radius 3 is 2.35 bits per heavy atom. The van der Waals surface area contributed by atoms with E-state index in [0.29, 0.717) is 42.2 Å². The Labute approximate surface area is 265 Å². The van der Waals surface area contributed by atoms with Crippen molar-refractivity contribution in [1.82, 2.24) is 19.7 Å². The van der Waals surface area contributed by atoms with Crippen molar-refractivity contribution in [3.8, 4) is 11.5 Å². The molecule has 2 saturated heterocycles. The zero-order valence-electron chi connectivity index (χ0n) is 25.7. The minimum Gasteiger partial charge on any atom is -0.457 e. The van der Waals surface area contributed by atoms with E-state index in [4.69, 9.17) is 10.5 Å². The Morgan fingerprint density at radius 2 is 1.67 bits per heavy atom. The van der Waals surface area contributed by atoms with Gasteiger partial charge < -0.3 is 25.6 Å². The molecule has 2 atom stereocenters. The van der Waals surface area contributed by atoms with E-state index in [2.05, 4.69) is 39.5 Å². The summed E-state index contributed by atoms with van der Waals surface area (Å²) in [6.45, 7) is 3.43. The number of nitrogens with zero attached hydrogens (tertiary/aromatic N) is 4. The number of ether oxygens (including phenoxy) is 1. The van der Waals surface area contributed by atoms with Gasteiger partial charge in [0.2, 0.25) is 11.8 Å². The Bertz CT molecular complexity index is 1620. The molecule has 242 valence electrons. The molecule has 11 nitrogen and oxygen atoms in total. The maximum atomic E-state index is 14.8. The number of benzene rings is 2. The second kappa shape index (κ2) is 12.6. The Morgan fingerprint density at radius 1 is 0.957 bits per heavy atom. The van der Waals surface area contributed by atoms with Gasteiger partial charge in [-0.2, -0.15) is 0 Å². The molecule has 3 aromatic rings. The Balaban J connectivity index is 1.07. The summed E-state index contributed by atoms with van der Waals surface area (Å²) in [5.74, 6) is -2.56. The van der Waals surface area contributed by atoms with Gasteiger partial charge in [0.05, 0.1) is 0 Å². The summed E-state index contributed by atoms with van der Waals surface area (Å²) in [7, 11) is 4.20. The molecule has 4 N–H and O–H groups in total. The van der Waals surface area contributed by atoms with Gasteiger partial charge in [0.25, 0.3) is 0 Å². The number of piperidine rings is 1. The molecule has 2 unspecified atom stereocenters. The molecule has 1 saturated carbocycles. The number of likely N-dealkylation sites (N-methyl/N-ethyl adjacent to an activating group) is 1. The van der Waals surface area contributed by atoms with Gasteiger partial charge in [-0.25, -0.2) is 18.6 Å². The SMILES string of the molecule is CN(C)C1CN(C2CCN(C(=O)Nc3cc(Oc4cc(F)cc(C5CC5(C(N)=O)C(=O)Nc5ccc(F)cc5)c4)ccn3)CC2)C1. The van der Waals surface area contributed by atoms with Crippen LogP contribution in [0.5, 0.6) is 11.5 Å². The van der Waals surface area contributed by atoms with Crippen LogP contribution in [0.1, 0.15) is 30.7 Å². The van der Waals surface area contributed by atoms with Crippen molar-refractivity contribution in [2.45, 2.75) is 37.3 Å². The summed E-state index contributed by atoms with van der Waals surface area (Å²) < 4.78 is 34.0. The average Bonchev–Trinajstić information content (AvgIpc) is 3.76. The molecule has 1 aromatic heterocycles. The summed E-state index contributed by atoms with van der Waals surface area (Å²) in [6, 6.07) is 13.0. The fourth-order valence-electron chi connectivity index (χ4n) is 6.34. The number of amides is 4. The van der Waals surface area contributed by atoms with Gasteiger partial charge >= 0.3 is 6.03 Å². The third-order valence-electron chi connectivity index (χ3n) is 9.29. The quantitative estimate of drug-likeness (QED) is 0.304. The van der Waals surface area contributed by atoms with Crippen molar-refractivity contribution >= 4 is 29.4 Å². The lowest BCUT2D eigenvalue weighted by Crippen LogP contribution is -2.62. The Kier molecular flexibility index (Phi) is 8.62. The predicted molar refractivity (Wildman–Crippen MR) is 167 cm³/mol. The number of primary amides is 1. The zero-order chi connectivity index (χ0) is 32.6. The number of nitrogens with one attached hydrogen (secondary N) is 2. The van der Waals surface area contributed by atoms with E-state index < -0.39 is 34.8 Å². The van der Waals surface area contributed by atoms with Gasteiger partial charge in [0.1, 0.15) is 34.4 Å². The summed E-state index contributed by atoms with van der Waals surface area (Å²) in [4.78, 5) is 49.3. The minimum atomic E-state index is -1.59. The van der Waals surface area contributed by atoms with Crippen LogP contribution in [-0.2, 0) is 9.59 Å². The second-order valence-corrected chi connectivity index (χ2v) is 12.5.